The average molecular weight is 438 g/mol. The maximum Gasteiger partial charge on any atom is 0.231 e. The molecule has 1 amide bonds. The van der Waals surface area contributed by atoms with Crippen LogP contribution in [0.25, 0.3) is 0 Å². The fourth-order valence-electron chi connectivity index (χ4n) is 2.80. The summed E-state index contributed by atoms with van der Waals surface area (Å²) in [5.41, 5.74) is 1.35. The third-order valence-electron chi connectivity index (χ3n) is 4.84. The number of nitrogens with one attached hydrogen (secondary N) is 1. The number of benzene rings is 1. The van der Waals surface area contributed by atoms with E-state index in [0.29, 0.717) is 36.1 Å². The van der Waals surface area contributed by atoms with Crippen LogP contribution in [0.5, 0.6) is 0 Å². The molecule has 0 bridgehead atoms. The van der Waals surface area contributed by atoms with E-state index in [0.717, 1.165) is 5.56 Å². The van der Waals surface area contributed by atoms with Gasteiger partial charge in [-0.25, -0.2) is 9.67 Å². The van der Waals surface area contributed by atoms with Crippen molar-refractivity contribution in [2.24, 2.45) is 17.6 Å². The van der Waals surface area contributed by atoms with Crippen molar-refractivity contribution in [1.82, 2.24) is 25.2 Å². The largest absolute Gasteiger partial charge is 0.389 e. The van der Waals surface area contributed by atoms with E-state index in [9.17, 15) is 4.79 Å². The van der Waals surface area contributed by atoms with Crippen LogP contribution in [0, 0.1) is 5.41 Å². The molecule has 0 radical (unpaired) electrons. The van der Waals surface area contributed by atoms with Crippen LogP contribution < -0.4 is 5.32 Å². The van der Waals surface area contributed by atoms with E-state index in [-0.39, 0.29) is 12.5 Å². The third kappa shape index (κ3) is 5.94. The number of aryl methyl sites for hydroxylation is 1. The van der Waals surface area contributed by atoms with Crippen molar-refractivity contribution < 1.29 is 14.4 Å². The molecule has 2 aromatic heterocycles. The highest BCUT2D eigenvalue weighted by Gasteiger charge is 2.27. The Kier molecular flexibility index (Phi) is 7.61. The minimum Gasteiger partial charge on any atom is -0.389 e. The molecule has 10 heteroatoms. The Hall–Kier alpha value is -3.66. The zero-order valence-corrected chi connectivity index (χ0v) is 18.6. The molecule has 0 spiro atoms. The highest BCUT2D eigenvalue weighted by Crippen LogP contribution is 2.22. The number of nitrogens with zero attached hydrogens (tertiary/aromatic N) is 6. The first-order chi connectivity index (χ1) is 15.4. The molecule has 168 valence electrons. The number of amides is 1. The number of ether oxygens (including phenoxy) is 1. The number of aromatic nitrogens is 5. The lowest BCUT2D eigenvalue weighted by Crippen LogP contribution is -2.32. The summed E-state index contributed by atoms with van der Waals surface area (Å²) in [4.78, 5) is 22.6. The maximum absolute atomic E-state index is 12.6. The number of carbonyl (C=O) groups excluding carboxylic acids is 1. The fraction of sp³-hybridized carbons (Fsp3) is 0.364. The molecule has 0 aliphatic rings. The smallest absolute Gasteiger partial charge is 0.231 e. The van der Waals surface area contributed by atoms with Crippen LogP contribution in [0.3, 0.4) is 0 Å². The molecule has 2 heterocycles. The molecule has 32 heavy (non-hydrogen) atoms. The number of tetrazole rings is 1. The number of hydrogen-bond acceptors (Lipinski definition) is 8. The standard InChI is InChI=1S/C22H27N7O3/c1-22(2,13-14-31-4)21(30)24-18-12-8-11-17(23-18)15-32-26-19(16-9-6-5-7-10-16)20-25-27-28-29(20)3/h5-12H,13-15H2,1-4H3,(H,23,24,30)/b26-19-. The molecule has 0 unspecified atom stereocenters. The quantitative estimate of drug-likeness (QED) is 0.383. The molecule has 3 aromatic rings. The normalized spacial score (nSPS) is 11.9. The zero-order valence-electron chi connectivity index (χ0n) is 18.6. The molecule has 0 aliphatic heterocycles. The summed E-state index contributed by atoms with van der Waals surface area (Å²) in [6.45, 7) is 4.36. The van der Waals surface area contributed by atoms with E-state index < -0.39 is 5.41 Å². The van der Waals surface area contributed by atoms with Crippen molar-refractivity contribution >= 4 is 17.4 Å². The van der Waals surface area contributed by atoms with Gasteiger partial charge in [-0.05, 0) is 29.0 Å². The van der Waals surface area contributed by atoms with Crippen LogP contribution in [-0.2, 0) is 28.0 Å². The monoisotopic (exact) mass is 437 g/mol. The number of hydrogen-bond donors (Lipinski definition) is 1. The molecule has 0 atom stereocenters. The minimum absolute atomic E-state index is 0.110. The van der Waals surface area contributed by atoms with Crippen molar-refractivity contribution in [2.45, 2.75) is 26.9 Å². The second-order valence-electron chi connectivity index (χ2n) is 7.80. The SMILES string of the molecule is COCCC(C)(C)C(=O)Nc1cccc(CO/N=C(/c2ccccc2)c2nnnn2C)n1. The summed E-state index contributed by atoms with van der Waals surface area (Å²) in [5.74, 6) is 0.800. The molecule has 0 saturated carbocycles. The topological polar surface area (TPSA) is 116 Å². The maximum atomic E-state index is 12.6. The Morgan fingerprint density at radius 3 is 2.62 bits per heavy atom. The van der Waals surface area contributed by atoms with Crippen molar-refractivity contribution in [3.63, 3.8) is 0 Å². The Morgan fingerprint density at radius 1 is 1.16 bits per heavy atom. The van der Waals surface area contributed by atoms with Crippen LogP contribution in [-0.4, -0.2) is 50.5 Å². The van der Waals surface area contributed by atoms with E-state index in [1.165, 1.54) is 4.68 Å². The molecule has 1 N–H and O–H groups in total. The lowest BCUT2D eigenvalue weighted by molar-refractivity contribution is -0.124. The number of rotatable bonds is 10. The molecule has 1 aromatic carbocycles. The summed E-state index contributed by atoms with van der Waals surface area (Å²) in [5, 5.41) is 18.7. The van der Waals surface area contributed by atoms with Crippen LogP contribution >= 0.6 is 0 Å². The van der Waals surface area contributed by atoms with Gasteiger partial charge in [0.15, 0.2) is 12.3 Å². The lowest BCUT2D eigenvalue weighted by atomic mass is 9.88. The van der Waals surface area contributed by atoms with Gasteiger partial charge in [-0.2, -0.15) is 0 Å². The van der Waals surface area contributed by atoms with Gasteiger partial charge < -0.3 is 14.9 Å². The highest BCUT2D eigenvalue weighted by atomic mass is 16.6. The average Bonchev–Trinajstić information content (AvgIpc) is 3.21. The number of carbonyl (C=O) groups is 1. The van der Waals surface area contributed by atoms with Gasteiger partial charge >= 0.3 is 0 Å². The van der Waals surface area contributed by atoms with Gasteiger partial charge in [0.1, 0.15) is 5.82 Å². The predicted octanol–water partition coefficient (Wildman–Crippen LogP) is 2.58. The molecule has 0 saturated heterocycles. The summed E-state index contributed by atoms with van der Waals surface area (Å²) in [7, 11) is 3.35. The number of oxime groups is 1. The Morgan fingerprint density at radius 2 is 1.94 bits per heavy atom. The molecular formula is C22H27N7O3. The van der Waals surface area contributed by atoms with Gasteiger partial charge in [0.05, 0.1) is 5.69 Å². The Balaban J connectivity index is 1.70. The Labute approximate surface area is 186 Å². The third-order valence-corrected chi connectivity index (χ3v) is 4.84. The summed E-state index contributed by atoms with van der Waals surface area (Å²) >= 11 is 0. The first-order valence-corrected chi connectivity index (χ1v) is 10.1. The molecule has 0 aliphatic carbocycles. The zero-order chi connectivity index (χ0) is 23.0. The minimum atomic E-state index is -0.580. The summed E-state index contributed by atoms with van der Waals surface area (Å²) < 4.78 is 6.61. The fourth-order valence-corrected chi connectivity index (χ4v) is 2.80. The number of methoxy groups -OCH3 is 1. The van der Waals surface area contributed by atoms with Crippen molar-refractivity contribution in [3.05, 3.63) is 65.6 Å². The molecule has 10 nitrogen and oxygen atoms in total. The lowest BCUT2D eigenvalue weighted by Gasteiger charge is -2.22. The molecule has 3 rings (SSSR count). The van der Waals surface area contributed by atoms with Crippen LogP contribution in [0.15, 0.2) is 53.7 Å². The van der Waals surface area contributed by atoms with E-state index >= 15 is 0 Å². The second kappa shape index (κ2) is 10.6. The van der Waals surface area contributed by atoms with Gasteiger partial charge in [0.25, 0.3) is 0 Å². The summed E-state index contributed by atoms with van der Waals surface area (Å²) in [6.07, 6.45) is 0.603. The number of anilines is 1. The van der Waals surface area contributed by atoms with E-state index in [4.69, 9.17) is 9.57 Å². The molecule has 0 fully saturated rings. The van der Waals surface area contributed by atoms with E-state index in [1.807, 2.05) is 44.2 Å². The van der Waals surface area contributed by atoms with Crippen LogP contribution in [0.2, 0.25) is 0 Å². The van der Waals surface area contributed by atoms with E-state index in [2.05, 4.69) is 31.0 Å². The summed E-state index contributed by atoms with van der Waals surface area (Å²) in [6, 6.07) is 14.8. The van der Waals surface area contributed by atoms with Gasteiger partial charge in [-0.3, -0.25) is 4.79 Å². The van der Waals surface area contributed by atoms with Gasteiger partial charge in [-0.1, -0.05) is 55.4 Å². The van der Waals surface area contributed by atoms with Gasteiger partial charge in [-0.15, -0.1) is 5.10 Å². The molecular weight excluding hydrogens is 410 g/mol. The van der Waals surface area contributed by atoms with Crippen molar-refractivity contribution in [2.75, 3.05) is 19.0 Å². The van der Waals surface area contributed by atoms with Crippen molar-refractivity contribution in [1.29, 1.82) is 0 Å². The van der Waals surface area contributed by atoms with Crippen molar-refractivity contribution in [3.8, 4) is 0 Å². The van der Waals surface area contributed by atoms with Crippen LogP contribution in [0.4, 0.5) is 5.82 Å². The number of pyridine rings is 1. The van der Waals surface area contributed by atoms with Gasteiger partial charge in [0.2, 0.25) is 11.7 Å². The second-order valence-corrected chi connectivity index (χ2v) is 7.80. The Bertz CT molecular complexity index is 1060. The first-order valence-electron chi connectivity index (χ1n) is 10.1. The first kappa shape index (κ1) is 23.0. The van der Waals surface area contributed by atoms with Crippen LogP contribution in [0.1, 0.15) is 37.4 Å². The highest BCUT2D eigenvalue weighted by molar-refractivity contribution is 6.10. The van der Waals surface area contributed by atoms with Gasteiger partial charge in [0, 0.05) is 31.7 Å². The predicted molar refractivity (Wildman–Crippen MR) is 119 cm³/mol. The van der Waals surface area contributed by atoms with E-state index in [1.54, 1.807) is 32.4 Å².